The van der Waals surface area contributed by atoms with Gasteiger partial charge in [0.25, 0.3) is 0 Å². The minimum absolute atomic E-state index is 0.119. The molecule has 3 rings (SSSR count). The van der Waals surface area contributed by atoms with Gasteiger partial charge in [-0.05, 0) is 36.2 Å². The van der Waals surface area contributed by atoms with Crippen molar-refractivity contribution >= 4 is 33.2 Å². The summed E-state index contributed by atoms with van der Waals surface area (Å²) in [5.41, 5.74) is 0.885. The van der Waals surface area contributed by atoms with Gasteiger partial charge in [-0.15, -0.1) is 0 Å². The van der Waals surface area contributed by atoms with Crippen LogP contribution >= 0.6 is 23.2 Å². The predicted octanol–water partition coefficient (Wildman–Crippen LogP) is 2.95. The van der Waals surface area contributed by atoms with Crippen molar-refractivity contribution in [3.63, 3.8) is 0 Å². The van der Waals surface area contributed by atoms with Crippen molar-refractivity contribution in [1.82, 2.24) is 4.72 Å². The Morgan fingerprint density at radius 2 is 1.88 bits per heavy atom. The van der Waals surface area contributed by atoms with Gasteiger partial charge < -0.3 is 14.6 Å². The molecule has 2 N–H and O–H groups in total. The second kappa shape index (κ2) is 6.68. The number of sulfonamides is 1. The maximum absolute atomic E-state index is 12.3. The largest absolute Gasteiger partial charge is 0.505 e. The zero-order chi connectivity index (χ0) is 17.3. The summed E-state index contributed by atoms with van der Waals surface area (Å²) in [4.78, 5) is -0.356. The molecule has 0 aliphatic carbocycles. The first-order valence-electron chi connectivity index (χ1n) is 6.93. The summed E-state index contributed by atoms with van der Waals surface area (Å²) in [6, 6.07) is 7.81. The number of halogens is 2. The first kappa shape index (κ1) is 17.2. The number of hydrogen-bond acceptors (Lipinski definition) is 5. The lowest BCUT2D eigenvalue weighted by atomic mass is 10.1. The summed E-state index contributed by atoms with van der Waals surface area (Å²) in [5.74, 6) is 0.768. The minimum Gasteiger partial charge on any atom is -0.505 e. The van der Waals surface area contributed by atoms with Gasteiger partial charge >= 0.3 is 0 Å². The molecule has 128 valence electrons. The van der Waals surface area contributed by atoms with Crippen LogP contribution in [0.1, 0.15) is 5.56 Å². The van der Waals surface area contributed by atoms with E-state index in [2.05, 4.69) is 4.72 Å². The number of aromatic hydroxyl groups is 1. The molecule has 1 aliphatic heterocycles. The van der Waals surface area contributed by atoms with Crippen LogP contribution in [0.4, 0.5) is 0 Å². The summed E-state index contributed by atoms with van der Waals surface area (Å²) in [6.07, 6.45) is 0.435. The van der Waals surface area contributed by atoms with Crippen LogP contribution in [-0.4, -0.2) is 26.9 Å². The van der Waals surface area contributed by atoms with Crippen molar-refractivity contribution < 1.29 is 23.0 Å². The highest BCUT2D eigenvalue weighted by molar-refractivity contribution is 7.89. The number of ether oxygens (including phenoxy) is 2. The molecule has 1 aliphatic rings. The van der Waals surface area contributed by atoms with Crippen molar-refractivity contribution in [2.75, 3.05) is 13.3 Å². The first-order valence-corrected chi connectivity index (χ1v) is 9.17. The molecule has 2 aromatic rings. The number of fused-ring (bicyclic) bond motifs is 1. The lowest BCUT2D eigenvalue weighted by Gasteiger charge is -2.10. The average molecular weight is 390 g/mol. The molecular weight excluding hydrogens is 377 g/mol. The highest BCUT2D eigenvalue weighted by Gasteiger charge is 2.21. The van der Waals surface area contributed by atoms with Crippen LogP contribution in [0.25, 0.3) is 0 Å². The van der Waals surface area contributed by atoms with E-state index >= 15 is 0 Å². The topological polar surface area (TPSA) is 84.9 Å². The van der Waals surface area contributed by atoms with Crippen molar-refractivity contribution in [3.8, 4) is 17.2 Å². The summed E-state index contributed by atoms with van der Waals surface area (Å²) in [5, 5.41) is 9.83. The number of phenols is 1. The Kier molecular flexibility index (Phi) is 4.78. The Morgan fingerprint density at radius 3 is 2.67 bits per heavy atom. The number of benzene rings is 2. The normalized spacial score (nSPS) is 13.2. The van der Waals surface area contributed by atoms with Gasteiger partial charge in [0.05, 0.1) is 5.02 Å². The lowest BCUT2D eigenvalue weighted by Crippen LogP contribution is -2.26. The van der Waals surface area contributed by atoms with Gasteiger partial charge in [-0.2, -0.15) is 0 Å². The van der Waals surface area contributed by atoms with E-state index in [9.17, 15) is 13.5 Å². The molecule has 24 heavy (non-hydrogen) atoms. The van der Waals surface area contributed by atoms with Crippen LogP contribution in [0.15, 0.2) is 35.2 Å². The molecule has 0 atom stereocenters. The maximum atomic E-state index is 12.3. The predicted molar refractivity (Wildman–Crippen MR) is 89.6 cm³/mol. The van der Waals surface area contributed by atoms with Crippen LogP contribution in [0.5, 0.6) is 17.2 Å². The standard InChI is InChI=1S/C15H13Cl2NO5S/c16-10-6-11(17)15(19)14(7-10)24(20,21)18-4-3-9-1-2-12-13(5-9)23-8-22-12/h1-2,5-7,18-19H,3-4,8H2. The van der Waals surface area contributed by atoms with E-state index in [0.29, 0.717) is 17.9 Å². The van der Waals surface area contributed by atoms with Gasteiger partial charge in [0.2, 0.25) is 16.8 Å². The fourth-order valence-electron chi connectivity index (χ4n) is 2.25. The van der Waals surface area contributed by atoms with E-state index in [-0.39, 0.29) is 28.3 Å². The molecule has 0 radical (unpaired) electrons. The van der Waals surface area contributed by atoms with Gasteiger partial charge in [0.1, 0.15) is 4.90 Å². The molecule has 0 amide bonds. The molecule has 0 aromatic heterocycles. The Bertz CT molecular complexity index is 886. The fourth-order valence-corrected chi connectivity index (χ4v) is 4.04. The smallest absolute Gasteiger partial charge is 0.244 e. The van der Waals surface area contributed by atoms with Crippen LogP contribution in [-0.2, 0) is 16.4 Å². The van der Waals surface area contributed by atoms with E-state index < -0.39 is 15.8 Å². The van der Waals surface area contributed by atoms with Gasteiger partial charge in [-0.25, -0.2) is 13.1 Å². The number of phenolic OH excluding ortho intramolecular Hbond substituents is 1. The molecule has 1 heterocycles. The molecule has 0 fully saturated rings. The Morgan fingerprint density at radius 1 is 1.12 bits per heavy atom. The van der Waals surface area contributed by atoms with E-state index in [1.807, 2.05) is 6.07 Å². The summed E-state index contributed by atoms with van der Waals surface area (Å²) in [6.45, 7) is 0.311. The second-order valence-electron chi connectivity index (χ2n) is 5.07. The van der Waals surface area contributed by atoms with E-state index in [4.69, 9.17) is 32.7 Å². The van der Waals surface area contributed by atoms with E-state index in [0.717, 1.165) is 11.6 Å². The summed E-state index contributed by atoms with van der Waals surface area (Å²) < 4.78 is 37.5. The lowest BCUT2D eigenvalue weighted by molar-refractivity contribution is 0.174. The Balaban J connectivity index is 1.70. The quantitative estimate of drug-likeness (QED) is 0.820. The SMILES string of the molecule is O=S(=O)(NCCc1ccc2c(c1)OCO2)c1cc(Cl)cc(Cl)c1O. The third-order valence-corrected chi connectivity index (χ3v) is 5.41. The number of hydrogen-bond donors (Lipinski definition) is 2. The maximum Gasteiger partial charge on any atom is 0.244 e. The van der Waals surface area contributed by atoms with Crippen molar-refractivity contribution in [1.29, 1.82) is 0 Å². The van der Waals surface area contributed by atoms with Gasteiger partial charge in [0, 0.05) is 11.6 Å². The number of nitrogens with one attached hydrogen (secondary N) is 1. The fraction of sp³-hybridized carbons (Fsp3) is 0.200. The second-order valence-corrected chi connectivity index (χ2v) is 7.65. The Hall–Kier alpha value is -1.67. The van der Waals surface area contributed by atoms with Crippen LogP contribution in [0.2, 0.25) is 10.0 Å². The molecule has 0 bridgehead atoms. The van der Waals surface area contributed by atoms with E-state index in [1.54, 1.807) is 12.1 Å². The highest BCUT2D eigenvalue weighted by atomic mass is 35.5. The molecular formula is C15H13Cl2NO5S. The zero-order valence-corrected chi connectivity index (χ0v) is 14.6. The summed E-state index contributed by atoms with van der Waals surface area (Å²) in [7, 11) is -3.94. The Labute approximate surface area is 149 Å². The van der Waals surface area contributed by atoms with E-state index in [1.165, 1.54) is 6.07 Å². The molecule has 0 spiro atoms. The van der Waals surface area contributed by atoms with Crippen LogP contribution in [0.3, 0.4) is 0 Å². The average Bonchev–Trinajstić information content (AvgIpc) is 2.98. The van der Waals surface area contributed by atoms with Crippen molar-refractivity contribution in [2.45, 2.75) is 11.3 Å². The summed E-state index contributed by atoms with van der Waals surface area (Å²) >= 11 is 11.6. The monoisotopic (exact) mass is 389 g/mol. The van der Waals surface area contributed by atoms with Gasteiger partial charge in [-0.1, -0.05) is 29.3 Å². The molecule has 2 aromatic carbocycles. The minimum atomic E-state index is -3.94. The number of rotatable bonds is 5. The molecule has 9 heteroatoms. The first-order chi connectivity index (χ1) is 11.4. The molecule has 6 nitrogen and oxygen atoms in total. The zero-order valence-electron chi connectivity index (χ0n) is 12.3. The molecule has 0 saturated carbocycles. The van der Waals surface area contributed by atoms with Crippen LogP contribution in [0, 0.1) is 0 Å². The van der Waals surface area contributed by atoms with Gasteiger partial charge in [0.15, 0.2) is 17.2 Å². The van der Waals surface area contributed by atoms with Crippen molar-refractivity contribution in [3.05, 3.63) is 45.9 Å². The third-order valence-electron chi connectivity index (χ3n) is 3.43. The van der Waals surface area contributed by atoms with Crippen LogP contribution < -0.4 is 14.2 Å². The highest BCUT2D eigenvalue weighted by Crippen LogP contribution is 2.34. The van der Waals surface area contributed by atoms with Gasteiger partial charge in [-0.3, -0.25) is 0 Å². The molecule has 0 unspecified atom stereocenters. The third kappa shape index (κ3) is 3.54. The van der Waals surface area contributed by atoms with Crippen molar-refractivity contribution in [2.24, 2.45) is 0 Å². The molecule has 0 saturated heterocycles.